The molecule has 3 nitrogen and oxygen atoms in total. The molecule has 0 aliphatic heterocycles. The van der Waals surface area contributed by atoms with E-state index in [1.54, 1.807) is 11.3 Å². The molecule has 2 N–H and O–H groups in total. The van der Waals surface area contributed by atoms with E-state index < -0.39 is 0 Å². The van der Waals surface area contributed by atoms with E-state index in [-0.39, 0.29) is 18.4 Å². The molecule has 24 heavy (non-hydrogen) atoms. The molecule has 0 spiro atoms. The first-order valence-electron chi connectivity index (χ1n) is 7.53. The largest absolute Gasteiger partial charge is 0.356 e. The zero-order valence-electron chi connectivity index (χ0n) is 12.9. The van der Waals surface area contributed by atoms with E-state index in [2.05, 4.69) is 34.1 Å². The van der Waals surface area contributed by atoms with Gasteiger partial charge in [-0.1, -0.05) is 41.6 Å². The lowest BCUT2D eigenvalue weighted by Gasteiger charge is -2.15. The van der Waals surface area contributed by atoms with Crippen LogP contribution in [0.3, 0.4) is 0 Å². The van der Waals surface area contributed by atoms with E-state index in [4.69, 9.17) is 10.3 Å². The van der Waals surface area contributed by atoms with Crippen molar-refractivity contribution in [2.24, 2.45) is 5.73 Å². The SMILES string of the molecule is Cl.NC(Cc1ccsc1)c1ccccc1-c1noc2ccccc12. The van der Waals surface area contributed by atoms with Gasteiger partial charge in [0.15, 0.2) is 5.58 Å². The number of para-hydroxylation sites is 1. The average Bonchev–Trinajstić information content (AvgIpc) is 3.24. The van der Waals surface area contributed by atoms with Crippen LogP contribution in [-0.4, -0.2) is 5.16 Å². The van der Waals surface area contributed by atoms with E-state index in [1.165, 1.54) is 5.56 Å². The third-order valence-electron chi connectivity index (χ3n) is 4.03. The molecule has 5 heteroatoms. The van der Waals surface area contributed by atoms with Crippen molar-refractivity contribution in [1.82, 2.24) is 5.16 Å². The van der Waals surface area contributed by atoms with Gasteiger partial charge in [0.25, 0.3) is 0 Å². The Balaban J connectivity index is 0.00000169. The number of fused-ring (bicyclic) bond motifs is 1. The minimum atomic E-state index is -0.0729. The van der Waals surface area contributed by atoms with Crippen molar-refractivity contribution in [3.63, 3.8) is 0 Å². The highest BCUT2D eigenvalue weighted by Crippen LogP contribution is 2.33. The van der Waals surface area contributed by atoms with Crippen LogP contribution < -0.4 is 5.73 Å². The number of benzene rings is 2. The average molecular weight is 357 g/mol. The Morgan fingerprint density at radius 1 is 1.04 bits per heavy atom. The number of rotatable bonds is 4. The van der Waals surface area contributed by atoms with Crippen molar-refractivity contribution in [1.29, 1.82) is 0 Å². The van der Waals surface area contributed by atoms with E-state index in [0.717, 1.165) is 34.2 Å². The first kappa shape index (κ1) is 16.7. The predicted molar refractivity (Wildman–Crippen MR) is 102 cm³/mol. The second kappa shape index (κ2) is 7.18. The molecular weight excluding hydrogens is 340 g/mol. The van der Waals surface area contributed by atoms with Crippen LogP contribution in [0.4, 0.5) is 0 Å². The molecule has 2 heterocycles. The van der Waals surface area contributed by atoms with Crippen molar-refractivity contribution in [2.75, 3.05) is 0 Å². The van der Waals surface area contributed by atoms with E-state index in [0.29, 0.717) is 0 Å². The number of nitrogens with zero attached hydrogens (tertiary/aromatic N) is 1. The van der Waals surface area contributed by atoms with Gasteiger partial charge in [-0.15, -0.1) is 12.4 Å². The normalized spacial score (nSPS) is 12.0. The van der Waals surface area contributed by atoms with Gasteiger partial charge >= 0.3 is 0 Å². The molecule has 0 bridgehead atoms. The lowest BCUT2D eigenvalue weighted by molar-refractivity contribution is 0.459. The van der Waals surface area contributed by atoms with Gasteiger partial charge in [-0.05, 0) is 46.5 Å². The lowest BCUT2D eigenvalue weighted by Crippen LogP contribution is -2.14. The zero-order valence-corrected chi connectivity index (χ0v) is 14.5. The number of hydrogen-bond donors (Lipinski definition) is 1. The van der Waals surface area contributed by atoms with Gasteiger partial charge in [-0.2, -0.15) is 11.3 Å². The summed E-state index contributed by atoms with van der Waals surface area (Å²) < 4.78 is 5.45. The second-order valence-electron chi connectivity index (χ2n) is 5.56. The maximum atomic E-state index is 6.48. The summed E-state index contributed by atoms with van der Waals surface area (Å²) in [6.07, 6.45) is 0.816. The van der Waals surface area contributed by atoms with Crippen LogP contribution in [0.1, 0.15) is 17.2 Å². The van der Waals surface area contributed by atoms with Gasteiger partial charge in [0.2, 0.25) is 0 Å². The fourth-order valence-corrected chi connectivity index (χ4v) is 3.57. The van der Waals surface area contributed by atoms with Crippen LogP contribution >= 0.6 is 23.7 Å². The zero-order chi connectivity index (χ0) is 15.6. The topological polar surface area (TPSA) is 52.0 Å². The molecule has 0 aliphatic rings. The van der Waals surface area contributed by atoms with Crippen molar-refractivity contribution in [3.05, 3.63) is 76.5 Å². The molecule has 0 radical (unpaired) electrons. The van der Waals surface area contributed by atoms with E-state index in [1.807, 2.05) is 36.4 Å². The molecule has 4 rings (SSSR count). The first-order chi connectivity index (χ1) is 11.3. The standard InChI is InChI=1S/C19H16N2OS.ClH/c20-17(11-13-9-10-23-12-13)14-5-1-2-6-15(14)19-16-7-3-4-8-18(16)22-21-19;/h1-10,12,17H,11,20H2;1H. The third-order valence-corrected chi connectivity index (χ3v) is 4.76. The van der Waals surface area contributed by atoms with E-state index in [9.17, 15) is 0 Å². The molecule has 1 atom stereocenters. The summed E-state index contributed by atoms with van der Waals surface area (Å²) in [5.74, 6) is 0. The van der Waals surface area contributed by atoms with Crippen molar-refractivity contribution < 1.29 is 4.52 Å². The molecule has 2 aromatic carbocycles. The molecule has 0 saturated heterocycles. The summed E-state index contributed by atoms with van der Waals surface area (Å²) >= 11 is 1.70. The molecule has 1 unspecified atom stereocenters. The Morgan fingerprint density at radius 2 is 1.83 bits per heavy atom. The van der Waals surface area contributed by atoms with Crippen molar-refractivity contribution in [2.45, 2.75) is 12.5 Å². The minimum Gasteiger partial charge on any atom is -0.356 e. The van der Waals surface area contributed by atoms with Crippen LogP contribution in [0.15, 0.2) is 69.9 Å². The molecule has 0 fully saturated rings. The number of nitrogens with two attached hydrogens (primary N) is 1. The quantitative estimate of drug-likeness (QED) is 0.545. The van der Waals surface area contributed by atoms with Gasteiger partial charge in [0.05, 0.1) is 0 Å². The fourth-order valence-electron chi connectivity index (χ4n) is 2.89. The van der Waals surface area contributed by atoms with Gasteiger partial charge in [0, 0.05) is 17.0 Å². The van der Waals surface area contributed by atoms with Crippen molar-refractivity contribution >= 4 is 34.7 Å². The lowest BCUT2D eigenvalue weighted by atomic mass is 9.94. The molecule has 122 valence electrons. The molecule has 4 aromatic rings. The van der Waals surface area contributed by atoms with Crippen LogP contribution in [0, 0.1) is 0 Å². The second-order valence-corrected chi connectivity index (χ2v) is 6.34. The summed E-state index contributed by atoms with van der Waals surface area (Å²) in [4.78, 5) is 0. The molecule has 0 aliphatic carbocycles. The van der Waals surface area contributed by atoms with Crippen LogP contribution in [0.5, 0.6) is 0 Å². The van der Waals surface area contributed by atoms with Crippen LogP contribution in [-0.2, 0) is 6.42 Å². The summed E-state index contributed by atoms with van der Waals surface area (Å²) in [6, 6.07) is 18.1. The number of thiophene rings is 1. The monoisotopic (exact) mass is 356 g/mol. The Labute approximate surface area is 150 Å². The Bertz CT molecular complexity index is 933. The molecular formula is C19H17ClN2OS. The number of halogens is 1. The Hall–Kier alpha value is -2.14. The molecule has 2 aromatic heterocycles. The summed E-state index contributed by atoms with van der Waals surface area (Å²) in [5.41, 5.74) is 11.5. The van der Waals surface area contributed by atoms with Crippen LogP contribution in [0.2, 0.25) is 0 Å². The highest BCUT2D eigenvalue weighted by molar-refractivity contribution is 7.07. The number of aromatic nitrogens is 1. The fraction of sp³-hybridized carbons (Fsp3) is 0.105. The number of hydrogen-bond acceptors (Lipinski definition) is 4. The maximum absolute atomic E-state index is 6.48. The van der Waals surface area contributed by atoms with Gasteiger partial charge in [0.1, 0.15) is 5.69 Å². The predicted octanol–water partition coefficient (Wildman–Crippen LogP) is 5.22. The maximum Gasteiger partial charge on any atom is 0.167 e. The van der Waals surface area contributed by atoms with E-state index >= 15 is 0 Å². The van der Waals surface area contributed by atoms with Gasteiger partial charge < -0.3 is 10.3 Å². The van der Waals surface area contributed by atoms with Gasteiger partial charge in [-0.25, -0.2) is 0 Å². The summed E-state index contributed by atoms with van der Waals surface area (Å²) in [6.45, 7) is 0. The smallest absolute Gasteiger partial charge is 0.167 e. The van der Waals surface area contributed by atoms with Crippen LogP contribution in [0.25, 0.3) is 22.2 Å². The summed E-state index contributed by atoms with van der Waals surface area (Å²) in [7, 11) is 0. The first-order valence-corrected chi connectivity index (χ1v) is 8.47. The summed E-state index contributed by atoms with van der Waals surface area (Å²) in [5, 5.41) is 9.52. The molecule has 0 amide bonds. The minimum absolute atomic E-state index is 0. The van der Waals surface area contributed by atoms with Gasteiger partial charge in [-0.3, -0.25) is 0 Å². The third kappa shape index (κ3) is 3.08. The van der Waals surface area contributed by atoms with Crippen molar-refractivity contribution in [3.8, 4) is 11.3 Å². The Morgan fingerprint density at radius 3 is 2.67 bits per heavy atom. The molecule has 0 saturated carbocycles. The highest BCUT2D eigenvalue weighted by Gasteiger charge is 2.17. The Kier molecular flexibility index (Phi) is 5.00. The highest BCUT2D eigenvalue weighted by atomic mass is 35.5.